The molecule has 1 heterocycles. The smallest absolute Gasteiger partial charge is 0.251 e. The van der Waals surface area contributed by atoms with Crippen LogP contribution >= 0.6 is 23.2 Å². The lowest BCUT2D eigenvalue weighted by Crippen LogP contribution is -2.47. The van der Waals surface area contributed by atoms with Crippen LogP contribution in [0.2, 0.25) is 10.0 Å². The van der Waals surface area contributed by atoms with E-state index < -0.39 is 6.04 Å². The van der Waals surface area contributed by atoms with Gasteiger partial charge in [-0.2, -0.15) is 0 Å². The number of fused-ring (bicyclic) bond motifs is 1. The number of hydrogen-bond donors (Lipinski definition) is 2. The van der Waals surface area contributed by atoms with Gasteiger partial charge in [-0.1, -0.05) is 37.0 Å². The Hall–Kier alpha value is -2.44. The first kappa shape index (κ1) is 20.3. The number of ether oxygens (including phenoxy) is 2. The third-order valence-corrected chi connectivity index (χ3v) is 4.80. The van der Waals surface area contributed by atoms with Gasteiger partial charge in [-0.15, -0.1) is 0 Å². The predicted octanol–water partition coefficient (Wildman–Crippen LogP) is 4.16. The molecular formula is C20H20Cl2N2O4. The van der Waals surface area contributed by atoms with Gasteiger partial charge in [-0.25, -0.2) is 0 Å². The molecule has 1 unspecified atom stereocenters. The lowest BCUT2D eigenvalue weighted by molar-refractivity contribution is -0.118. The molecule has 3 rings (SSSR count). The normalized spacial score (nSPS) is 13.8. The molecule has 0 radical (unpaired) electrons. The van der Waals surface area contributed by atoms with Gasteiger partial charge in [-0.3, -0.25) is 9.59 Å². The quantitative estimate of drug-likeness (QED) is 0.758. The lowest BCUT2D eigenvalue weighted by atomic mass is 10.0. The van der Waals surface area contributed by atoms with Gasteiger partial charge in [0.15, 0.2) is 11.5 Å². The Morgan fingerprint density at radius 2 is 1.61 bits per heavy atom. The van der Waals surface area contributed by atoms with Crippen LogP contribution < -0.4 is 20.1 Å². The minimum Gasteiger partial charge on any atom is -0.486 e. The van der Waals surface area contributed by atoms with Gasteiger partial charge in [0.1, 0.15) is 19.3 Å². The van der Waals surface area contributed by atoms with E-state index in [1.807, 2.05) is 13.8 Å². The molecule has 1 atom stereocenters. The molecule has 0 fully saturated rings. The minimum atomic E-state index is -0.757. The van der Waals surface area contributed by atoms with Gasteiger partial charge in [0.2, 0.25) is 5.91 Å². The summed E-state index contributed by atoms with van der Waals surface area (Å²) in [7, 11) is 0. The molecule has 2 amide bonds. The van der Waals surface area contributed by atoms with Gasteiger partial charge in [0, 0.05) is 22.7 Å². The van der Waals surface area contributed by atoms with Crippen LogP contribution in [0.5, 0.6) is 11.5 Å². The van der Waals surface area contributed by atoms with Crippen LogP contribution in [-0.4, -0.2) is 31.1 Å². The van der Waals surface area contributed by atoms with Gasteiger partial charge in [0.25, 0.3) is 5.91 Å². The molecule has 2 N–H and O–H groups in total. The summed E-state index contributed by atoms with van der Waals surface area (Å²) in [6.45, 7) is 4.56. The summed E-state index contributed by atoms with van der Waals surface area (Å²) < 4.78 is 11.0. The topological polar surface area (TPSA) is 76.7 Å². The maximum atomic E-state index is 12.8. The average molecular weight is 423 g/mol. The van der Waals surface area contributed by atoms with E-state index in [-0.39, 0.29) is 17.7 Å². The Morgan fingerprint density at radius 3 is 2.21 bits per heavy atom. The van der Waals surface area contributed by atoms with E-state index in [1.165, 1.54) is 0 Å². The Kier molecular flexibility index (Phi) is 6.31. The highest BCUT2D eigenvalue weighted by atomic mass is 35.5. The van der Waals surface area contributed by atoms with Gasteiger partial charge in [-0.05, 0) is 30.2 Å². The van der Waals surface area contributed by atoms with Crippen molar-refractivity contribution in [3.63, 3.8) is 0 Å². The highest BCUT2D eigenvalue weighted by Gasteiger charge is 2.26. The molecule has 8 heteroatoms. The lowest BCUT2D eigenvalue weighted by Gasteiger charge is -2.23. The zero-order chi connectivity index (χ0) is 20.3. The molecule has 0 saturated carbocycles. The molecule has 0 saturated heterocycles. The molecule has 2 aromatic rings. The van der Waals surface area contributed by atoms with Gasteiger partial charge < -0.3 is 20.1 Å². The van der Waals surface area contributed by atoms with Crippen LogP contribution in [-0.2, 0) is 4.79 Å². The van der Waals surface area contributed by atoms with E-state index in [1.54, 1.807) is 36.4 Å². The Labute approximate surface area is 173 Å². The molecule has 28 heavy (non-hydrogen) atoms. The number of anilines is 1. The molecule has 0 bridgehead atoms. The summed E-state index contributed by atoms with van der Waals surface area (Å²) in [5, 5.41) is 6.38. The SMILES string of the molecule is CC(C)C(NC(=O)c1ccc(Cl)cc1)C(=O)Nc1cc2c(cc1Cl)OCCO2. The van der Waals surface area contributed by atoms with E-state index in [0.717, 1.165) is 0 Å². The van der Waals surface area contributed by atoms with Crippen molar-refractivity contribution in [1.82, 2.24) is 5.32 Å². The number of rotatable bonds is 5. The fourth-order valence-corrected chi connectivity index (χ4v) is 3.06. The molecule has 1 aliphatic heterocycles. The second kappa shape index (κ2) is 8.71. The van der Waals surface area contributed by atoms with Crippen LogP contribution in [0.25, 0.3) is 0 Å². The van der Waals surface area contributed by atoms with Crippen molar-refractivity contribution in [2.75, 3.05) is 18.5 Å². The van der Waals surface area contributed by atoms with Crippen molar-refractivity contribution < 1.29 is 19.1 Å². The number of carbonyl (C=O) groups is 2. The Bertz CT molecular complexity index is 885. The summed E-state index contributed by atoms with van der Waals surface area (Å²) in [6.07, 6.45) is 0. The average Bonchev–Trinajstić information content (AvgIpc) is 2.66. The van der Waals surface area contributed by atoms with Crippen LogP contribution in [0.1, 0.15) is 24.2 Å². The largest absolute Gasteiger partial charge is 0.486 e. The molecule has 6 nitrogen and oxygen atoms in total. The minimum absolute atomic E-state index is 0.146. The monoisotopic (exact) mass is 422 g/mol. The summed E-state index contributed by atoms with van der Waals surface area (Å²) in [5.74, 6) is 0.157. The first-order valence-corrected chi connectivity index (χ1v) is 9.57. The number of amides is 2. The Balaban J connectivity index is 1.74. The fraction of sp³-hybridized carbons (Fsp3) is 0.300. The highest BCUT2D eigenvalue weighted by Crippen LogP contribution is 2.38. The van der Waals surface area contributed by atoms with Crippen molar-refractivity contribution in [3.05, 3.63) is 52.0 Å². The third kappa shape index (κ3) is 4.69. The molecular weight excluding hydrogens is 403 g/mol. The first-order chi connectivity index (χ1) is 13.3. The van der Waals surface area contributed by atoms with Crippen LogP contribution in [0.15, 0.2) is 36.4 Å². The van der Waals surface area contributed by atoms with Crippen molar-refractivity contribution >= 4 is 40.7 Å². The molecule has 1 aliphatic rings. The highest BCUT2D eigenvalue weighted by molar-refractivity contribution is 6.34. The summed E-state index contributed by atoms with van der Waals surface area (Å²) in [4.78, 5) is 25.3. The van der Waals surface area contributed by atoms with Crippen molar-refractivity contribution in [3.8, 4) is 11.5 Å². The number of nitrogens with one attached hydrogen (secondary N) is 2. The van der Waals surface area contributed by atoms with Crippen LogP contribution in [0, 0.1) is 5.92 Å². The fourth-order valence-electron chi connectivity index (χ4n) is 2.73. The van der Waals surface area contributed by atoms with Crippen LogP contribution in [0.3, 0.4) is 0 Å². The van der Waals surface area contributed by atoms with Crippen LogP contribution in [0.4, 0.5) is 5.69 Å². The predicted molar refractivity (Wildman–Crippen MR) is 109 cm³/mol. The number of benzene rings is 2. The van der Waals surface area contributed by atoms with E-state index in [9.17, 15) is 9.59 Å². The van der Waals surface area contributed by atoms with E-state index in [0.29, 0.717) is 46.0 Å². The summed E-state index contributed by atoms with van der Waals surface area (Å²) >= 11 is 12.1. The Morgan fingerprint density at radius 1 is 1.00 bits per heavy atom. The second-order valence-corrected chi connectivity index (χ2v) is 7.51. The van der Waals surface area contributed by atoms with E-state index in [4.69, 9.17) is 32.7 Å². The van der Waals surface area contributed by atoms with Gasteiger partial charge >= 0.3 is 0 Å². The van der Waals surface area contributed by atoms with E-state index in [2.05, 4.69) is 10.6 Å². The molecule has 0 aliphatic carbocycles. The summed E-state index contributed by atoms with van der Waals surface area (Å²) in [6, 6.07) is 8.91. The molecule has 2 aromatic carbocycles. The van der Waals surface area contributed by atoms with Crippen molar-refractivity contribution in [1.29, 1.82) is 0 Å². The zero-order valence-corrected chi connectivity index (χ0v) is 16.9. The molecule has 0 spiro atoms. The third-order valence-electron chi connectivity index (χ3n) is 4.23. The maximum Gasteiger partial charge on any atom is 0.251 e. The molecule has 0 aromatic heterocycles. The summed E-state index contributed by atoms with van der Waals surface area (Å²) in [5.41, 5.74) is 0.808. The first-order valence-electron chi connectivity index (χ1n) is 8.81. The number of hydrogen-bond acceptors (Lipinski definition) is 4. The molecule has 148 valence electrons. The van der Waals surface area contributed by atoms with Gasteiger partial charge in [0.05, 0.1) is 10.7 Å². The van der Waals surface area contributed by atoms with Crippen molar-refractivity contribution in [2.45, 2.75) is 19.9 Å². The second-order valence-electron chi connectivity index (χ2n) is 6.67. The maximum absolute atomic E-state index is 12.8. The standard InChI is InChI=1S/C20H20Cl2N2O4/c1-11(2)18(24-19(25)12-3-5-13(21)6-4-12)20(26)23-15-10-17-16(9-14(15)22)27-7-8-28-17/h3-6,9-11,18H,7-8H2,1-2H3,(H,23,26)(H,24,25). The zero-order valence-electron chi connectivity index (χ0n) is 15.4. The van der Waals surface area contributed by atoms with Crippen molar-refractivity contribution in [2.24, 2.45) is 5.92 Å². The number of halogens is 2. The number of carbonyl (C=O) groups excluding carboxylic acids is 2. The van der Waals surface area contributed by atoms with E-state index >= 15 is 0 Å².